The smallest absolute Gasteiger partial charge is 0.253 e. The quantitative estimate of drug-likeness (QED) is 0.888. The highest BCUT2D eigenvalue weighted by Crippen LogP contribution is 2.15. The van der Waals surface area contributed by atoms with Crippen LogP contribution in [-0.2, 0) is 6.54 Å². The SMILES string of the molecule is CCN(CC)C(=O)c1cccc(NCc2cncs2)c1. The van der Waals surface area contributed by atoms with Gasteiger partial charge in [0.1, 0.15) is 0 Å². The zero-order valence-corrected chi connectivity index (χ0v) is 12.6. The van der Waals surface area contributed by atoms with Crippen molar-refractivity contribution in [2.24, 2.45) is 0 Å². The Balaban J connectivity index is 2.05. The Bertz CT molecular complexity index is 550. The minimum atomic E-state index is 0.0800. The van der Waals surface area contributed by atoms with Crippen molar-refractivity contribution in [3.8, 4) is 0 Å². The lowest BCUT2D eigenvalue weighted by Crippen LogP contribution is -2.30. The van der Waals surface area contributed by atoms with Gasteiger partial charge in [0.15, 0.2) is 0 Å². The number of amides is 1. The van der Waals surface area contributed by atoms with Crippen LogP contribution in [0.5, 0.6) is 0 Å². The van der Waals surface area contributed by atoms with E-state index in [1.165, 1.54) is 4.88 Å². The third-order valence-corrected chi connectivity index (χ3v) is 3.89. The summed E-state index contributed by atoms with van der Waals surface area (Å²) >= 11 is 1.62. The molecule has 0 aliphatic carbocycles. The van der Waals surface area contributed by atoms with Gasteiger partial charge >= 0.3 is 0 Å². The Morgan fingerprint density at radius 1 is 1.35 bits per heavy atom. The maximum atomic E-state index is 12.3. The molecule has 2 rings (SSSR count). The van der Waals surface area contributed by atoms with Crippen molar-refractivity contribution < 1.29 is 4.79 Å². The molecule has 0 aliphatic heterocycles. The molecule has 20 heavy (non-hydrogen) atoms. The monoisotopic (exact) mass is 289 g/mol. The molecule has 0 spiro atoms. The van der Waals surface area contributed by atoms with E-state index >= 15 is 0 Å². The Kier molecular flexibility index (Phi) is 5.12. The molecule has 2 aromatic rings. The minimum Gasteiger partial charge on any atom is -0.380 e. The second-order valence-electron chi connectivity index (χ2n) is 4.38. The first-order chi connectivity index (χ1) is 9.74. The van der Waals surface area contributed by atoms with Crippen LogP contribution in [-0.4, -0.2) is 28.9 Å². The number of nitrogens with one attached hydrogen (secondary N) is 1. The highest BCUT2D eigenvalue weighted by Gasteiger charge is 2.12. The van der Waals surface area contributed by atoms with Gasteiger partial charge in [0.2, 0.25) is 0 Å². The molecule has 0 fully saturated rings. The molecule has 1 aromatic heterocycles. The lowest BCUT2D eigenvalue weighted by molar-refractivity contribution is 0.0773. The lowest BCUT2D eigenvalue weighted by atomic mass is 10.1. The zero-order valence-electron chi connectivity index (χ0n) is 11.8. The summed E-state index contributed by atoms with van der Waals surface area (Å²) in [6.07, 6.45) is 1.85. The van der Waals surface area contributed by atoms with E-state index in [1.807, 2.05) is 54.7 Å². The minimum absolute atomic E-state index is 0.0800. The molecule has 0 bridgehead atoms. The molecule has 0 atom stereocenters. The summed E-state index contributed by atoms with van der Waals surface area (Å²) in [6.45, 7) is 6.18. The van der Waals surface area contributed by atoms with Crippen LogP contribution < -0.4 is 5.32 Å². The Morgan fingerprint density at radius 3 is 2.80 bits per heavy atom. The van der Waals surface area contributed by atoms with E-state index in [9.17, 15) is 4.79 Å². The van der Waals surface area contributed by atoms with Crippen LogP contribution >= 0.6 is 11.3 Å². The predicted molar refractivity (Wildman–Crippen MR) is 83.1 cm³/mol. The van der Waals surface area contributed by atoms with Crippen molar-refractivity contribution in [2.75, 3.05) is 18.4 Å². The van der Waals surface area contributed by atoms with E-state index < -0.39 is 0 Å². The average Bonchev–Trinajstić information content (AvgIpc) is 3.00. The first kappa shape index (κ1) is 14.5. The van der Waals surface area contributed by atoms with Crippen LogP contribution in [0.1, 0.15) is 29.1 Å². The molecule has 1 aromatic carbocycles. The topological polar surface area (TPSA) is 45.2 Å². The molecule has 106 valence electrons. The number of carbonyl (C=O) groups is 1. The zero-order chi connectivity index (χ0) is 14.4. The van der Waals surface area contributed by atoms with Crippen molar-refractivity contribution in [3.05, 3.63) is 46.4 Å². The van der Waals surface area contributed by atoms with Gasteiger partial charge in [-0.3, -0.25) is 9.78 Å². The van der Waals surface area contributed by atoms with Gasteiger partial charge in [-0.25, -0.2) is 0 Å². The van der Waals surface area contributed by atoms with Crippen LogP contribution in [0.25, 0.3) is 0 Å². The normalized spacial score (nSPS) is 10.3. The summed E-state index contributed by atoms with van der Waals surface area (Å²) < 4.78 is 0. The van der Waals surface area contributed by atoms with Gasteiger partial charge in [-0.1, -0.05) is 6.07 Å². The van der Waals surface area contributed by atoms with E-state index in [1.54, 1.807) is 11.3 Å². The summed E-state index contributed by atoms with van der Waals surface area (Å²) in [6, 6.07) is 7.64. The van der Waals surface area contributed by atoms with Gasteiger partial charge in [-0.2, -0.15) is 0 Å². The van der Waals surface area contributed by atoms with E-state index in [2.05, 4.69) is 10.3 Å². The molecule has 0 saturated heterocycles. The first-order valence-corrected chi connectivity index (χ1v) is 7.63. The molecule has 0 unspecified atom stereocenters. The summed E-state index contributed by atoms with van der Waals surface area (Å²) in [5.74, 6) is 0.0800. The number of hydrogen-bond acceptors (Lipinski definition) is 4. The first-order valence-electron chi connectivity index (χ1n) is 6.75. The second kappa shape index (κ2) is 7.05. The predicted octanol–water partition coefficient (Wildman–Crippen LogP) is 3.24. The fraction of sp³-hybridized carbons (Fsp3) is 0.333. The van der Waals surface area contributed by atoms with Gasteiger partial charge in [0.25, 0.3) is 5.91 Å². The highest BCUT2D eigenvalue weighted by molar-refractivity contribution is 7.09. The number of anilines is 1. The molecule has 5 heteroatoms. The summed E-state index contributed by atoms with van der Waals surface area (Å²) in [5.41, 5.74) is 3.50. The summed E-state index contributed by atoms with van der Waals surface area (Å²) in [4.78, 5) is 19.3. The molecule has 0 radical (unpaired) electrons. The van der Waals surface area contributed by atoms with Crippen molar-refractivity contribution in [3.63, 3.8) is 0 Å². The molecule has 0 aliphatic rings. The largest absolute Gasteiger partial charge is 0.380 e. The van der Waals surface area contributed by atoms with Crippen LogP contribution in [0.3, 0.4) is 0 Å². The number of aromatic nitrogens is 1. The maximum absolute atomic E-state index is 12.3. The lowest BCUT2D eigenvalue weighted by Gasteiger charge is -2.19. The van der Waals surface area contributed by atoms with Gasteiger partial charge in [-0.05, 0) is 32.0 Å². The number of rotatable bonds is 6. The third kappa shape index (κ3) is 3.57. The van der Waals surface area contributed by atoms with Crippen LogP contribution in [0.2, 0.25) is 0 Å². The molecular formula is C15H19N3OS. The van der Waals surface area contributed by atoms with E-state index in [4.69, 9.17) is 0 Å². The van der Waals surface area contributed by atoms with Crippen LogP contribution in [0, 0.1) is 0 Å². The number of thiazole rings is 1. The van der Waals surface area contributed by atoms with E-state index in [0.717, 1.165) is 30.9 Å². The fourth-order valence-electron chi connectivity index (χ4n) is 1.97. The Hall–Kier alpha value is -1.88. The Morgan fingerprint density at radius 2 is 2.15 bits per heavy atom. The van der Waals surface area contributed by atoms with Crippen molar-refractivity contribution in [1.82, 2.24) is 9.88 Å². The third-order valence-electron chi connectivity index (χ3n) is 3.11. The number of hydrogen-bond donors (Lipinski definition) is 1. The average molecular weight is 289 g/mol. The van der Waals surface area contributed by atoms with Crippen molar-refractivity contribution in [2.45, 2.75) is 20.4 Å². The highest BCUT2D eigenvalue weighted by atomic mass is 32.1. The van der Waals surface area contributed by atoms with E-state index in [-0.39, 0.29) is 5.91 Å². The van der Waals surface area contributed by atoms with Gasteiger partial charge in [0, 0.05) is 35.4 Å². The van der Waals surface area contributed by atoms with Gasteiger partial charge < -0.3 is 10.2 Å². The van der Waals surface area contributed by atoms with Crippen molar-refractivity contribution >= 4 is 22.9 Å². The summed E-state index contributed by atoms with van der Waals surface area (Å²) in [5, 5.41) is 3.32. The number of benzene rings is 1. The van der Waals surface area contributed by atoms with Crippen LogP contribution in [0.4, 0.5) is 5.69 Å². The number of nitrogens with zero attached hydrogens (tertiary/aromatic N) is 2. The Labute approximate surface area is 123 Å². The van der Waals surface area contributed by atoms with Crippen molar-refractivity contribution in [1.29, 1.82) is 0 Å². The molecule has 0 saturated carbocycles. The standard InChI is InChI=1S/C15H19N3OS/c1-3-18(4-2)15(19)12-6-5-7-13(8-12)17-10-14-9-16-11-20-14/h5-9,11,17H,3-4,10H2,1-2H3. The number of carbonyl (C=O) groups excluding carboxylic acids is 1. The molecule has 4 nitrogen and oxygen atoms in total. The van der Waals surface area contributed by atoms with E-state index in [0.29, 0.717) is 0 Å². The molecule has 1 N–H and O–H groups in total. The fourth-order valence-corrected chi connectivity index (χ4v) is 2.51. The maximum Gasteiger partial charge on any atom is 0.253 e. The van der Waals surface area contributed by atoms with Gasteiger partial charge in [-0.15, -0.1) is 11.3 Å². The van der Waals surface area contributed by atoms with Crippen LogP contribution in [0.15, 0.2) is 36.0 Å². The van der Waals surface area contributed by atoms with Gasteiger partial charge in [0.05, 0.1) is 12.1 Å². The molecular weight excluding hydrogens is 270 g/mol. The second-order valence-corrected chi connectivity index (χ2v) is 5.35. The molecule has 1 amide bonds. The molecule has 1 heterocycles. The summed E-state index contributed by atoms with van der Waals surface area (Å²) in [7, 11) is 0.